The summed E-state index contributed by atoms with van der Waals surface area (Å²) in [6, 6.07) is 8.62. The maximum Gasteiger partial charge on any atom is 0.410 e. The molecule has 0 radical (unpaired) electrons. The van der Waals surface area contributed by atoms with Gasteiger partial charge in [0.05, 0.1) is 45.6 Å². The lowest BCUT2D eigenvalue weighted by Crippen LogP contribution is -2.43. The molecule has 810 valence electrons. The normalized spacial score (nSPS) is 12.9. The van der Waals surface area contributed by atoms with Gasteiger partial charge in [-0.05, 0) is 150 Å². The van der Waals surface area contributed by atoms with Crippen molar-refractivity contribution in [2.75, 3.05) is 96.7 Å². The Bertz CT molecular complexity index is 4580. The van der Waals surface area contributed by atoms with Gasteiger partial charge < -0.3 is 147 Å². The maximum absolute atomic E-state index is 11.9. The van der Waals surface area contributed by atoms with Crippen molar-refractivity contribution in [1.82, 2.24) is 26.6 Å². The van der Waals surface area contributed by atoms with Crippen LogP contribution in [0.2, 0.25) is 0 Å². The predicted molar refractivity (Wildman–Crippen MR) is 494 cm³/mol. The molecule has 0 bridgehead atoms. The van der Waals surface area contributed by atoms with Crippen molar-refractivity contribution in [3.63, 3.8) is 0 Å². The molecule has 10 N–H and O–H groups in total. The second-order valence-corrected chi connectivity index (χ2v) is 35.9. The molecule has 0 saturated heterocycles. The number of rotatable bonds is 46. The van der Waals surface area contributed by atoms with Gasteiger partial charge in [0.2, 0.25) is 67.9 Å². The van der Waals surface area contributed by atoms with Gasteiger partial charge in [-0.15, -0.1) is 0 Å². The highest BCUT2D eigenvalue weighted by atomic mass is 32.2. The molecule has 2 aromatic carbocycles. The van der Waals surface area contributed by atoms with Gasteiger partial charge in [-0.1, -0.05) is 103 Å². The number of aliphatic carboxylic acids is 5. The third kappa shape index (κ3) is 66.4. The molecule has 5 amide bonds. The lowest BCUT2D eigenvalue weighted by molar-refractivity contribution is -0.162. The summed E-state index contributed by atoms with van der Waals surface area (Å²) in [4.78, 5) is 285. The maximum atomic E-state index is 11.9. The SMILES string of the molecule is CC(=O)OCOC(=O)N[C@@H](CSC(=O)OCOC(C)=O)C(=O)O.CC(C)(C)C(=O)OCOC(=O)N[C@@H](CSC(=O)OCOC(=O)C(C)(C)C)C(=O)O.CC(C)C(=O)OCOC(=O)N[C@@H](CSC(=O)OCOC(=O)C(C)C)C(=O)O.O=C(N[C@@H](CSC(=O)OCOC(=O)C1CCCCC1)C(=O)O)OCOC(=O)C1CCCCC1.O=C(N[C@@H](CSC(=O)OCOC(=O)c1ccccc1)C(=O)O)OCOC(=O)c1ccccc1. The fourth-order valence-electron chi connectivity index (χ4n) is 9.17. The first-order valence-electron chi connectivity index (χ1n) is 42.6. The Kier molecular flexibility index (Phi) is 66.8. The third-order valence-electron chi connectivity index (χ3n) is 16.8. The van der Waals surface area contributed by atoms with Crippen LogP contribution >= 0.6 is 58.8 Å². The zero-order chi connectivity index (χ0) is 110. The Morgan fingerprint density at radius 3 is 0.731 bits per heavy atom. The first kappa shape index (κ1) is 131. The molecule has 145 heavy (non-hydrogen) atoms. The average Bonchev–Trinajstić information content (AvgIpc) is 0.933. The number of benzene rings is 2. The minimum atomic E-state index is -1.51. The standard InChI is InChI=1S/C21H31NO10S.C21H19NO10S.C17H27NO10S.C15H23NO10S.C11H15NO10S/c2*23-17(24)16(22-20(27)31-12-29-18(25)14-7-3-1-4-8-14)11-33-21(28)32-13-30-19(26)15-9-5-2-6-10-15;1-16(2,3)12(21)25-8-27-14(23)18-10(11(19)20)7-29-15(24)28-9-26-13(22)17(4,5)6;1-8(2)12(19)23-6-25-14(21)16-10(11(17)18)5-27-15(22)26-7-24-13(20)9(3)4;1-6(13)19-4-21-10(17)12-8(9(15)16)3-23-11(18)22-5-20-7(2)14/h14-16H,1-13H2,(H,22,27)(H,23,24);1-10,16H,11-13H2,(H,22,27)(H,23,24);10H,7-9H2,1-6H3,(H,18,23)(H,19,20);8-10H,5-7H2,1-4H3,(H,16,21)(H,17,18);8H,3-5H2,1-2H3,(H,12,17)(H,15,16)/t2*16-;2*10-;8-/m00000/s1. The van der Waals surface area contributed by atoms with E-state index in [2.05, 4.69) is 62.2 Å². The number of esters is 10. The van der Waals surface area contributed by atoms with Crippen LogP contribution in [0, 0.1) is 34.5 Å². The highest BCUT2D eigenvalue weighted by molar-refractivity contribution is 8.14. The molecular formula is C85H115N5O50S5. The summed E-state index contributed by atoms with van der Waals surface area (Å²) in [5.74, 6) is -16.1. The molecular weight excluding hydrogens is 2050 g/mol. The Morgan fingerprint density at radius 1 is 0.283 bits per heavy atom. The number of carboxylic acid groups (broad SMARTS) is 5. The minimum absolute atomic E-state index is 0.182. The molecule has 0 aliphatic heterocycles. The number of ether oxygens (including phenoxy) is 20. The first-order valence-corrected chi connectivity index (χ1v) is 47.6. The summed E-state index contributed by atoms with van der Waals surface area (Å²) < 4.78 is 92.7. The van der Waals surface area contributed by atoms with Gasteiger partial charge in [0, 0.05) is 42.6 Å². The summed E-state index contributed by atoms with van der Waals surface area (Å²) in [5, 5.41) is 51.1. The van der Waals surface area contributed by atoms with Gasteiger partial charge in [0.25, 0.3) is 0 Å². The predicted octanol–water partition coefficient (Wildman–Crippen LogP) is 9.42. The van der Waals surface area contributed by atoms with Crippen LogP contribution in [0.15, 0.2) is 60.7 Å². The zero-order valence-corrected chi connectivity index (χ0v) is 84.4. The molecule has 2 aliphatic rings. The van der Waals surface area contributed by atoms with Crippen molar-refractivity contribution in [1.29, 1.82) is 0 Å². The molecule has 2 aliphatic carbocycles. The molecule has 2 saturated carbocycles. The van der Waals surface area contributed by atoms with E-state index in [1.54, 1.807) is 106 Å². The van der Waals surface area contributed by atoms with Crippen LogP contribution in [-0.2, 0) is 157 Å². The molecule has 4 rings (SSSR count). The fourth-order valence-corrected chi connectivity index (χ4v) is 12.5. The van der Waals surface area contributed by atoms with E-state index in [0.29, 0.717) is 58.8 Å². The Hall–Kier alpha value is -14.1. The second-order valence-electron chi connectivity index (χ2n) is 31.1. The van der Waals surface area contributed by atoms with E-state index in [1.807, 2.05) is 21.3 Å². The number of carbonyl (C=O) groups excluding carboxylic acids is 20. The van der Waals surface area contributed by atoms with Crippen LogP contribution in [0.3, 0.4) is 0 Å². The summed E-state index contributed by atoms with van der Waals surface area (Å²) in [6.45, 7) is 11.8. The van der Waals surface area contributed by atoms with Crippen molar-refractivity contribution >= 4 is 205 Å². The summed E-state index contributed by atoms with van der Waals surface area (Å²) in [6.07, 6.45) is 3.26. The molecule has 0 aromatic heterocycles. The Balaban J connectivity index is 0.00000180. The molecule has 5 atom stereocenters. The molecule has 0 spiro atoms. The van der Waals surface area contributed by atoms with Crippen molar-refractivity contribution in [2.24, 2.45) is 34.5 Å². The highest BCUT2D eigenvalue weighted by Gasteiger charge is 2.33. The quantitative estimate of drug-likeness (QED) is 0.0167. The van der Waals surface area contributed by atoms with Gasteiger partial charge in [0.1, 0.15) is 30.2 Å². The topological polar surface area (TPSA) is 773 Å². The van der Waals surface area contributed by atoms with E-state index < -0.39 is 267 Å². The van der Waals surface area contributed by atoms with E-state index in [1.165, 1.54) is 24.3 Å². The number of hydrogen-bond donors (Lipinski definition) is 10. The molecule has 0 unspecified atom stereocenters. The van der Waals surface area contributed by atoms with E-state index >= 15 is 0 Å². The van der Waals surface area contributed by atoms with Crippen molar-refractivity contribution in [3.05, 3.63) is 71.8 Å². The minimum Gasteiger partial charge on any atom is -0.480 e. The van der Waals surface area contributed by atoms with Crippen LogP contribution in [0.4, 0.5) is 47.9 Å². The van der Waals surface area contributed by atoms with Gasteiger partial charge in [-0.2, -0.15) is 0 Å². The third-order valence-corrected chi connectivity index (χ3v) is 21.0. The first-order chi connectivity index (χ1) is 68.1. The van der Waals surface area contributed by atoms with Crippen molar-refractivity contribution < 1.29 is 240 Å². The van der Waals surface area contributed by atoms with Gasteiger partial charge in [0.15, 0.2) is 0 Å². The van der Waals surface area contributed by atoms with E-state index in [-0.39, 0.29) is 51.9 Å². The van der Waals surface area contributed by atoms with Crippen LogP contribution in [0.1, 0.15) is 168 Å². The lowest BCUT2D eigenvalue weighted by atomic mass is 9.89. The smallest absolute Gasteiger partial charge is 0.410 e. The van der Waals surface area contributed by atoms with E-state index in [9.17, 15) is 130 Å². The van der Waals surface area contributed by atoms with Crippen LogP contribution in [0.5, 0.6) is 0 Å². The molecule has 2 aromatic rings. The molecule has 55 nitrogen and oxygen atoms in total. The number of carbonyl (C=O) groups is 25. The average molecular weight is 2170 g/mol. The van der Waals surface area contributed by atoms with Crippen molar-refractivity contribution in [3.8, 4) is 0 Å². The van der Waals surface area contributed by atoms with E-state index in [4.69, 9.17) is 53.2 Å². The number of hydrogen-bond acceptors (Lipinski definition) is 50. The Labute approximate surface area is 848 Å². The van der Waals surface area contributed by atoms with E-state index in [0.717, 1.165) is 78.1 Å². The molecule has 2 fully saturated rings. The van der Waals surface area contributed by atoms with Crippen LogP contribution in [-0.4, -0.2) is 299 Å². The van der Waals surface area contributed by atoms with Gasteiger partial charge in [-0.3, -0.25) is 38.4 Å². The summed E-state index contributed by atoms with van der Waals surface area (Å²) in [5.41, 5.74) is -1.04. The number of amides is 5. The number of thioether (sulfide) groups is 5. The van der Waals surface area contributed by atoms with Gasteiger partial charge >= 0.3 is 147 Å². The van der Waals surface area contributed by atoms with Crippen LogP contribution in [0.25, 0.3) is 0 Å². The number of nitrogens with one attached hydrogen (secondary N) is 5. The zero-order valence-electron chi connectivity index (χ0n) is 80.3. The largest absolute Gasteiger partial charge is 0.480 e. The summed E-state index contributed by atoms with van der Waals surface area (Å²) >= 11 is 2.30. The number of alkyl carbamates (subject to hydrolysis) is 5. The lowest BCUT2D eigenvalue weighted by Gasteiger charge is -2.20. The van der Waals surface area contributed by atoms with Gasteiger partial charge in [-0.25, -0.2) is 81.5 Å². The monoisotopic (exact) mass is 2170 g/mol. The molecule has 60 heteroatoms. The Morgan fingerprint density at radius 2 is 0.490 bits per heavy atom. The molecule has 0 heterocycles. The summed E-state index contributed by atoms with van der Waals surface area (Å²) in [7, 11) is 0. The second kappa shape index (κ2) is 73.9. The fraction of sp³-hybridized carbons (Fsp3) is 0.565. The van der Waals surface area contributed by atoms with Crippen LogP contribution < -0.4 is 26.6 Å². The number of carboxylic acids is 5. The van der Waals surface area contributed by atoms with Crippen molar-refractivity contribution in [2.45, 2.75) is 178 Å². The highest BCUT2D eigenvalue weighted by Crippen LogP contribution is 2.27.